The smallest absolute Gasteiger partial charge is 0.262 e. The van der Waals surface area contributed by atoms with Gasteiger partial charge in [-0.2, -0.15) is 5.26 Å². The maximum absolute atomic E-state index is 12.0. The van der Waals surface area contributed by atoms with Crippen molar-refractivity contribution in [1.82, 2.24) is 5.32 Å². The number of hydrogen-bond donors (Lipinski definition) is 2. The van der Waals surface area contributed by atoms with Gasteiger partial charge in [-0.15, -0.1) is 0 Å². The van der Waals surface area contributed by atoms with Gasteiger partial charge in [0.05, 0.1) is 10.6 Å². The number of nitriles is 1. The Bertz CT molecular complexity index is 601. The van der Waals surface area contributed by atoms with Crippen LogP contribution in [0.15, 0.2) is 28.2 Å². The van der Waals surface area contributed by atoms with Gasteiger partial charge in [0.1, 0.15) is 17.4 Å². The zero-order chi connectivity index (χ0) is 15.2. The Morgan fingerprint density at radius 1 is 1.62 bits per heavy atom. The number of phenols is 1. The molecule has 1 saturated heterocycles. The van der Waals surface area contributed by atoms with Crippen LogP contribution >= 0.6 is 15.9 Å². The molecule has 0 radical (unpaired) electrons. The second-order valence-electron chi connectivity index (χ2n) is 4.73. The third kappa shape index (κ3) is 4.31. The van der Waals surface area contributed by atoms with E-state index in [9.17, 15) is 9.90 Å². The molecule has 1 aromatic rings. The van der Waals surface area contributed by atoms with Crippen LogP contribution in [-0.2, 0) is 9.53 Å². The summed E-state index contributed by atoms with van der Waals surface area (Å²) in [4.78, 5) is 12.0. The third-order valence-electron chi connectivity index (χ3n) is 3.16. The number of carbonyl (C=O) groups excluding carboxylic acids is 1. The Morgan fingerprint density at radius 3 is 3.05 bits per heavy atom. The molecule has 6 heteroatoms. The van der Waals surface area contributed by atoms with E-state index in [2.05, 4.69) is 21.2 Å². The number of benzene rings is 1. The Balaban J connectivity index is 2.03. The van der Waals surface area contributed by atoms with E-state index in [1.165, 1.54) is 12.1 Å². The molecule has 0 aliphatic carbocycles. The summed E-state index contributed by atoms with van der Waals surface area (Å²) in [6.45, 7) is 1.14. The number of hydrogen-bond acceptors (Lipinski definition) is 4. The molecule has 1 aromatic carbocycles. The van der Waals surface area contributed by atoms with Crippen LogP contribution in [0.4, 0.5) is 0 Å². The number of phenolic OH excluding ortho intramolecular Hbond substituents is 1. The van der Waals surface area contributed by atoms with Gasteiger partial charge in [0.15, 0.2) is 0 Å². The SMILES string of the molecule is N#C/C(=C\c1ccc(O)c(Br)c1)C(=O)NC[C@@H]1CCCO1. The van der Waals surface area contributed by atoms with Crippen molar-refractivity contribution in [2.45, 2.75) is 18.9 Å². The van der Waals surface area contributed by atoms with Crippen molar-refractivity contribution in [3.63, 3.8) is 0 Å². The van der Waals surface area contributed by atoms with Crippen molar-refractivity contribution >= 4 is 27.9 Å². The van der Waals surface area contributed by atoms with Crippen LogP contribution in [0.1, 0.15) is 18.4 Å². The van der Waals surface area contributed by atoms with Crippen molar-refractivity contribution < 1.29 is 14.6 Å². The third-order valence-corrected chi connectivity index (χ3v) is 3.80. The van der Waals surface area contributed by atoms with E-state index in [1.807, 2.05) is 6.07 Å². The molecule has 2 rings (SSSR count). The number of ether oxygens (including phenoxy) is 1. The molecule has 0 saturated carbocycles. The normalized spacial score (nSPS) is 18.3. The summed E-state index contributed by atoms with van der Waals surface area (Å²) < 4.78 is 5.92. The largest absolute Gasteiger partial charge is 0.507 e. The average molecular weight is 351 g/mol. The van der Waals surface area contributed by atoms with Crippen LogP contribution in [0.5, 0.6) is 5.75 Å². The van der Waals surface area contributed by atoms with Crippen molar-refractivity contribution in [2.75, 3.05) is 13.2 Å². The number of carbonyl (C=O) groups is 1. The van der Waals surface area contributed by atoms with Gasteiger partial charge in [0.2, 0.25) is 0 Å². The highest BCUT2D eigenvalue weighted by Gasteiger charge is 2.17. The van der Waals surface area contributed by atoms with E-state index in [4.69, 9.17) is 10.00 Å². The molecular formula is C15H15BrN2O3. The molecule has 0 bridgehead atoms. The lowest BCUT2D eigenvalue weighted by atomic mass is 10.1. The topological polar surface area (TPSA) is 82.3 Å². The first kappa shape index (κ1) is 15.5. The molecule has 0 aromatic heterocycles. The minimum atomic E-state index is -0.419. The highest BCUT2D eigenvalue weighted by Crippen LogP contribution is 2.25. The maximum atomic E-state index is 12.0. The Hall–Kier alpha value is -1.84. The van der Waals surface area contributed by atoms with E-state index < -0.39 is 5.91 Å². The number of nitrogens with one attached hydrogen (secondary N) is 1. The van der Waals surface area contributed by atoms with Crippen LogP contribution < -0.4 is 5.32 Å². The van der Waals surface area contributed by atoms with Crippen LogP contribution in [-0.4, -0.2) is 30.3 Å². The van der Waals surface area contributed by atoms with Gasteiger partial charge in [-0.1, -0.05) is 6.07 Å². The molecule has 1 atom stereocenters. The highest BCUT2D eigenvalue weighted by molar-refractivity contribution is 9.10. The van der Waals surface area contributed by atoms with Gasteiger partial charge in [0.25, 0.3) is 5.91 Å². The predicted molar refractivity (Wildman–Crippen MR) is 81.4 cm³/mol. The number of amides is 1. The van der Waals surface area contributed by atoms with Crippen molar-refractivity contribution in [3.05, 3.63) is 33.8 Å². The Morgan fingerprint density at radius 2 is 2.43 bits per heavy atom. The molecule has 21 heavy (non-hydrogen) atoms. The predicted octanol–water partition coefficient (Wildman–Crippen LogP) is 2.36. The fourth-order valence-electron chi connectivity index (χ4n) is 2.04. The lowest BCUT2D eigenvalue weighted by Gasteiger charge is -2.10. The molecule has 1 fully saturated rings. The summed E-state index contributed by atoms with van der Waals surface area (Å²) in [7, 11) is 0. The lowest BCUT2D eigenvalue weighted by molar-refractivity contribution is -0.117. The number of nitrogens with zero attached hydrogens (tertiary/aromatic N) is 1. The van der Waals surface area contributed by atoms with Gasteiger partial charge < -0.3 is 15.2 Å². The molecule has 1 heterocycles. The minimum Gasteiger partial charge on any atom is -0.507 e. The van der Waals surface area contributed by atoms with E-state index in [1.54, 1.807) is 12.1 Å². The number of aromatic hydroxyl groups is 1. The average Bonchev–Trinajstić information content (AvgIpc) is 2.99. The quantitative estimate of drug-likeness (QED) is 0.645. The fourth-order valence-corrected chi connectivity index (χ4v) is 2.43. The second-order valence-corrected chi connectivity index (χ2v) is 5.58. The molecular weight excluding hydrogens is 336 g/mol. The summed E-state index contributed by atoms with van der Waals surface area (Å²) >= 11 is 3.19. The first-order valence-corrected chi connectivity index (χ1v) is 7.39. The molecule has 1 aliphatic rings. The molecule has 0 unspecified atom stereocenters. The summed E-state index contributed by atoms with van der Waals surface area (Å²) in [5.74, 6) is -0.314. The van der Waals surface area contributed by atoms with E-state index in [0.29, 0.717) is 16.6 Å². The summed E-state index contributed by atoms with van der Waals surface area (Å²) in [5, 5.41) is 21.2. The summed E-state index contributed by atoms with van der Waals surface area (Å²) in [5.41, 5.74) is 0.675. The van der Waals surface area contributed by atoms with Gasteiger partial charge in [0, 0.05) is 13.2 Å². The van der Waals surface area contributed by atoms with Gasteiger partial charge in [-0.3, -0.25) is 4.79 Å². The Labute approximate surface area is 131 Å². The number of halogens is 1. The van der Waals surface area contributed by atoms with Gasteiger partial charge in [-0.25, -0.2) is 0 Å². The van der Waals surface area contributed by atoms with Crippen LogP contribution in [0.2, 0.25) is 0 Å². The summed E-state index contributed by atoms with van der Waals surface area (Å²) in [6, 6.07) is 6.65. The van der Waals surface area contributed by atoms with Gasteiger partial charge in [-0.05, 0) is 52.5 Å². The van der Waals surface area contributed by atoms with Gasteiger partial charge >= 0.3 is 0 Å². The molecule has 5 nitrogen and oxygen atoms in total. The maximum Gasteiger partial charge on any atom is 0.262 e. The van der Waals surface area contributed by atoms with E-state index in [0.717, 1.165) is 19.4 Å². The first-order valence-electron chi connectivity index (χ1n) is 6.60. The zero-order valence-corrected chi connectivity index (χ0v) is 12.9. The molecule has 0 spiro atoms. The van der Waals surface area contributed by atoms with E-state index >= 15 is 0 Å². The zero-order valence-electron chi connectivity index (χ0n) is 11.3. The number of rotatable bonds is 4. The van der Waals surface area contributed by atoms with Crippen molar-refractivity contribution in [1.29, 1.82) is 5.26 Å². The standard InChI is InChI=1S/C15H15BrN2O3/c16-13-7-10(3-4-14(13)19)6-11(8-17)15(20)18-9-12-2-1-5-21-12/h3-4,6-7,12,19H,1-2,5,9H2,(H,18,20)/b11-6+/t12-/m0/s1. The lowest BCUT2D eigenvalue weighted by Crippen LogP contribution is -2.32. The fraction of sp³-hybridized carbons (Fsp3) is 0.333. The monoisotopic (exact) mass is 350 g/mol. The van der Waals surface area contributed by atoms with Crippen molar-refractivity contribution in [3.8, 4) is 11.8 Å². The molecule has 1 amide bonds. The molecule has 110 valence electrons. The second kappa shape index (κ2) is 7.25. The van der Waals surface area contributed by atoms with Crippen molar-refractivity contribution in [2.24, 2.45) is 0 Å². The minimum absolute atomic E-state index is 0.0191. The van der Waals surface area contributed by atoms with Crippen LogP contribution in [0, 0.1) is 11.3 Å². The van der Waals surface area contributed by atoms with E-state index in [-0.39, 0.29) is 17.4 Å². The van der Waals surface area contributed by atoms with Crippen LogP contribution in [0.3, 0.4) is 0 Å². The first-order chi connectivity index (χ1) is 10.1. The highest BCUT2D eigenvalue weighted by atomic mass is 79.9. The summed E-state index contributed by atoms with van der Waals surface area (Å²) in [6.07, 6.45) is 3.45. The Kier molecular flexibility index (Phi) is 5.37. The molecule has 1 aliphatic heterocycles. The molecule has 2 N–H and O–H groups in total. The van der Waals surface area contributed by atoms with Crippen LogP contribution in [0.25, 0.3) is 6.08 Å².